The molecule has 5 aromatic rings. The molecule has 0 aromatic carbocycles. The molecule has 6 rings (SSSR count). The molecule has 166 valence electrons. The van der Waals surface area contributed by atoms with Gasteiger partial charge < -0.3 is 15.0 Å². The summed E-state index contributed by atoms with van der Waals surface area (Å²) in [5.74, 6) is 0.413. The highest BCUT2D eigenvalue weighted by atomic mass is 32.1. The predicted octanol–water partition coefficient (Wildman–Crippen LogP) is 2.50. The summed E-state index contributed by atoms with van der Waals surface area (Å²) < 4.78 is 7.06. The van der Waals surface area contributed by atoms with Crippen LogP contribution in [-0.4, -0.2) is 62.1 Å². The number of carbonyl (C=O) groups is 1. The molecular weight excluding hydrogens is 442 g/mol. The van der Waals surface area contributed by atoms with Crippen molar-refractivity contribution in [2.45, 2.75) is 6.42 Å². The zero-order chi connectivity index (χ0) is 22.5. The van der Waals surface area contributed by atoms with Crippen LogP contribution in [-0.2, 0) is 4.79 Å². The Morgan fingerprint density at radius 2 is 2.18 bits per heavy atom. The Morgan fingerprint density at radius 1 is 1.30 bits per heavy atom. The van der Waals surface area contributed by atoms with Gasteiger partial charge in [0.25, 0.3) is 5.56 Å². The lowest BCUT2D eigenvalue weighted by molar-refractivity contribution is -0.118. The number of fused-ring (bicyclic) bond motifs is 5. The van der Waals surface area contributed by atoms with Crippen LogP contribution in [0.15, 0.2) is 41.6 Å². The van der Waals surface area contributed by atoms with Crippen molar-refractivity contribution in [1.29, 1.82) is 0 Å². The van der Waals surface area contributed by atoms with Gasteiger partial charge in [-0.15, -0.1) is 11.3 Å². The predicted molar refractivity (Wildman–Crippen MR) is 126 cm³/mol. The van der Waals surface area contributed by atoms with E-state index in [0.717, 1.165) is 30.0 Å². The van der Waals surface area contributed by atoms with E-state index in [1.807, 2.05) is 18.3 Å². The summed E-state index contributed by atoms with van der Waals surface area (Å²) in [6.45, 7) is 2.25. The minimum Gasteiger partial charge on any atom is -0.481 e. The third-order valence-corrected chi connectivity index (χ3v) is 6.86. The number of anilines is 1. The SMILES string of the molecule is COc1ncccc1-c1cn2nc3c4ncc(NC(=O)CN5CCC5)cc4[nH]c(=O)c3c2s1. The minimum atomic E-state index is -0.259. The van der Waals surface area contributed by atoms with E-state index in [0.29, 0.717) is 44.9 Å². The molecule has 1 aliphatic heterocycles. The van der Waals surface area contributed by atoms with Crippen molar-refractivity contribution in [3.8, 4) is 16.3 Å². The number of aromatic nitrogens is 5. The summed E-state index contributed by atoms with van der Waals surface area (Å²) in [4.78, 5) is 40.5. The second kappa shape index (κ2) is 7.64. The average molecular weight is 462 g/mol. The normalized spacial score (nSPS) is 14.1. The van der Waals surface area contributed by atoms with Crippen LogP contribution in [0, 0.1) is 0 Å². The fourth-order valence-corrected chi connectivity index (χ4v) is 5.13. The molecule has 10 nitrogen and oxygen atoms in total. The topological polar surface area (TPSA) is 118 Å². The van der Waals surface area contributed by atoms with Crippen molar-refractivity contribution in [2.24, 2.45) is 0 Å². The van der Waals surface area contributed by atoms with E-state index in [-0.39, 0.29) is 11.5 Å². The van der Waals surface area contributed by atoms with Crippen molar-refractivity contribution < 1.29 is 9.53 Å². The van der Waals surface area contributed by atoms with Crippen molar-refractivity contribution in [3.05, 3.63) is 47.1 Å². The summed E-state index contributed by atoms with van der Waals surface area (Å²) in [5, 5.41) is 7.97. The van der Waals surface area contributed by atoms with Crippen molar-refractivity contribution in [1.82, 2.24) is 29.5 Å². The van der Waals surface area contributed by atoms with E-state index in [2.05, 4.69) is 30.3 Å². The first kappa shape index (κ1) is 19.8. The second-order valence-electron chi connectivity index (χ2n) is 7.88. The standard InChI is InChI=1S/C22H19N7O3S/c1-32-21-13(4-2-5-23-21)15-10-29-22(33-15)17-19(27-29)18-14(26-20(17)31)8-12(9-24-18)25-16(30)11-28-6-3-7-28/h2,4-5,8-10H,3,6-7,11H2,1H3,(H,25,30)(H,26,31). The van der Waals surface area contributed by atoms with Gasteiger partial charge in [-0.3, -0.25) is 19.5 Å². The number of carbonyl (C=O) groups excluding carboxylic acids is 1. The summed E-state index contributed by atoms with van der Waals surface area (Å²) in [6, 6.07) is 5.47. The van der Waals surface area contributed by atoms with Gasteiger partial charge in [-0.2, -0.15) is 5.10 Å². The Labute approximate surface area is 190 Å². The highest BCUT2D eigenvalue weighted by molar-refractivity contribution is 7.21. The summed E-state index contributed by atoms with van der Waals surface area (Å²) >= 11 is 1.43. The van der Waals surface area contributed by atoms with E-state index >= 15 is 0 Å². The van der Waals surface area contributed by atoms with Crippen LogP contribution in [0.1, 0.15) is 6.42 Å². The number of rotatable bonds is 5. The molecule has 0 saturated carbocycles. The minimum absolute atomic E-state index is 0.0971. The molecule has 6 heterocycles. The molecule has 1 fully saturated rings. The van der Waals surface area contributed by atoms with Gasteiger partial charge in [-0.05, 0) is 37.7 Å². The number of ether oxygens (including phenoxy) is 1. The monoisotopic (exact) mass is 461 g/mol. The van der Waals surface area contributed by atoms with Crippen LogP contribution in [0.4, 0.5) is 5.69 Å². The Morgan fingerprint density at radius 3 is 2.97 bits per heavy atom. The third-order valence-electron chi connectivity index (χ3n) is 5.73. The number of H-pyrrole nitrogens is 1. The van der Waals surface area contributed by atoms with Gasteiger partial charge in [0.15, 0.2) is 0 Å². The van der Waals surface area contributed by atoms with Crippen LogP contribution in [0.3, 0.4) is 0 Å². The Balaban J connectivity index is 1.41. The number of nitrogens with zero attached hydrogens (tertiary/aromatic N) is 5. The highest BCUT2D eigenvalue weighted by Gasteiger charge is 2.20. The molecule has 1 aliphatic rings. The molecule has 5 aromatic heterocycles. The molecule has 0 aliphatic carbocycles. The van der Waals surface area contributed by atoms with Crippen LogP contribution >= 0.6 is 11.3 Å². The number of likely N-dealkylation sites (tertiary alicyclic amines) is 1. The van der Waals surface area contributed by atoms with Gasteiger partial charge in [0.2, 0.25) is 11.8 Å². The number of amides is 1. The number of thiazole rings is 1. The Bertz CT molecular complexity index is 1600. The maximum Gasteiger partial charge on any atom is 0.261 e. The van der Waals surface area contributed by atoms with Gasteiger partial charge in [-0.1, -0.05) is 0 Å². The fraction of sp³-hybridized carbons (Fsp3) is 0.227. The summed E-state index contributed by atoms with van der Waals surface area (Å²) in [6.07, 6.45) is 6.24. The maximum absolute atomic E-state index is 13.0. The van der Waals surface area contributed by atoms with E-state index in [1.54, 1.807) is 30.1 Å². The van der Waals surface area contributed by atoms with Crippen molar-refractivity contribution in [2.75, 3.05) is 32.1 Å². The quantitative estimate of drug-likeness (QED) is 0.413. The molecule has 1 saturated heterocycles. The molecule has 0 bridgehead atoms. The van der Waals surface area contributed by atoms with E-state index < -0.39 is 0 Å². The van der Waals surface area contributed by atoms with Gasteiger partial charge in [0.05, 0.1) is 41.5 Å². The number of aromatic amines is 1. The summed E-state index contributed by atoms with van der Waals surface area (Å²) in [5.41, 5.74) is 2.72. The van der Waals surface area contributed by atoms with Crippen LogP contribution in [0.25, 0.3) is 37.2 Å². The molecule has 0 unspecified atom stereocenters. The van der Waals surface area contributed by atoms with Crippen molar-refractivity contribution >= 4 is 49.7 Å². The summed E-state index contributed by atoms with van der Waals surface area (Å²) in [7, 11) is 1.57. The van der Waals surface area contributed by atoms with E-state index in [4.69, 9.17) is 4.74 Å². The molecule has 0 radical (unpaired) electrons. The smallest absolute Gasteiger partial charge is 0.261 e. The zero-order valence-corrected chi connectivity index (χ0v) is 18.5. The Kier molecular flexibility index (Phi) is 4.59. The first-order chi connectivity index (χ1) is 16.1. The number of hydrogen-bond acceptors (Lipinski definition) is 8. The fourth-order valence-electron chi connectivity index (χ4n) is 4.03. The number of nitrogens with one attached hydrogen (secondary N) is 2. The lowest BCUT2D eigenvalue weighted by Gasteiger charge is -2.29. The molecule has 0 atom stereocenters. The maximum atomic E-state index is 13.0. The van der Waals surface area contributed by atoms with Crippen LogP contribution in [0.5, 0.6) is 5.88 Å². The molecule has 0 spiro atoms. The van der Waals surface area contributed by atoms with Gasteiger partial charge >= 0.3 is 0 Å². The molecular formula is C22H19N7O3S. The number of methoxy groups -OCH3 is 1. The molecule has 2 N–H and O–H groups in total. The lowest BCUT2D eigenvalue weighted by Crippen LogP contribution is -2.42. The van der Waals surface area contributed by atoms with Gasteiger partial charge in [0, 0.05) is 12.4 Å². The largest absolute Gasteiger partial charge is 0.481 e. The van der Waals surface area contributed by atoms with Crippen LogP contribution in [0.2, 0.25) is 0 Å². The van der Waals surface area contributed by atoms with Gasteiger partial charge in [-0.25, -0.2) is 9.50 Å². The first-order valence-corrected chi connectivity index (χ1v) is 11.3. The number of pyridine rings is 3. The molecule has 33 heavy (non-hydrogen) atoms. The first-order valence-electron chi connectivity index (χ1n) is 10.5. The van der Waals surface area contributed by atoms with Crippen LogP contribution < -0.4 is 15.6 Å². The average Bonchev–Trinajstić information content (AvgIpc) is 3.34. The zero-order valence-electron chi connectivity index (χ0n) is 17.7. The van der Waals surface area contributed by atoms with Gasteiger partial charge in [0.1, 0.15) is 21.3 Å². The molecule has 1 amide bonds. The third kappa shape index (κ3) is 3.33. The Hall–Kier alpha value is -3.83. The second-order valence-corrected chi connectivity index (χ2v) is 8.91. The number of hydrogen-bond donors (Lipinski definition) is 2. The van der Waals surface area contributed by atoms with E-state index in [1.165, 1.54) is 11.3 Å². The highest BCUT2D eigenvalue weighted by Crippen LogP contribution is 2.36. The van der Waals surface area contributed by atoms with Crippen molar-refractivity contribution in [3.63, 3.8) is 0 Å². The molecule has 11 heteroatoms. The van der Waals surface area contributed by atoms with E-state index in [9.17, 15) is 9.59 Å². The lowest BCUT2D eigenvalue weighted by atomic mass is 10.2.